The molecule has 4 saturated heterocycles. The van der Waals surface area contributed by atoms with Gasteiger partial charge < -0.3 is 23.9 Å². The van der Waals surface area contributed by atoms with Gasteiger partial charge >= 0.3 is 6.01 Å². The summed E-state index contributed by atoms with van der Waals surface area (Å²) >= 11 is 0. The number of hydrogen-bond acceptors (Lipinski definition) is 10. The van der Waals surface area contributed by atoms with E-state index in [1.54, 1.807) is 6.20 Å². The molecule has 0 amide bonds. The van der Waals surface area contributed by atoms with Crippen LogP contribution in [0.5, 0.6) is 6.01 Å². The molecule has 8 rings (SSSR count). The summed E-state index contributed by atoms with van der Waals surface area (Å²) in [6, 6.07) is 2.20. The van der Waals surface area contributed by atoms with Crippen molar-refractivity contribution >= 4 is 35.9 Å². The van der Waals surface area contributed by atoms with Gasteiger partial charge in [0, 0.05) is 56.4 Å². The topological polar surface area (TPSA) is 111 Å². The maximum atomic E-state index is 17.6. The second-order valence-electron chi connectivity index (χ2n) is 18.2. The van der Waals surface area contributed by atoms with Crippen molar-refractivity contribution < 1.29 is 27.8 Å². The van der Waals surface area contributed by atoms with Crippen LogP contribution in [0, 0.1) is 12.7 Å². The number of piperidine rings is 1. The van der Waals surface area contributed by atoms with Crippen molar-refractivity contribution in [3.05, 3.63) is 35.4 Å². The van der Waals surface area contributed by atoms with Crippen molar-refractivity contribution in [3.8, 4) is 17.3 Å². The molecule has 0 aliphatic carbocycles. The third-order valence-electron chi connectivity index (χ3n) is 13.3. The Labute approximate surface area is 330 Å². The number of aliphatic hydroxyl groups is 1. The molecule has 14 heteroatoms. The zero-order chi connectivity index (χ0) is 39.4. The van der Waals surface area contributed by atoms with E-state index in [4.69, 9.17) is 34.0 Å². The van der Waals surface area contributed by atoms with Crippen molar-refractivity contribution in [2.24, 2.45) is 0 Å². The SMILES string of the molecule is Cc1cc2c(cnn2C2CCCCO2)c(-c2ncc3c(N4CCC[C@@H](O)C4)nc(OC[C@@]45CCCN4C[C@H](F)C5)nc3c2F)c1CCCO[Si](C)(C)C(C)(C)C. The Bertz CT molecular complexity index is 2070. The number of pyridine rings is 1. The van der Waals surface area contributed by atoms with Gasteiger partial charge in [-0.25, -0.2) is 13.5 Å². The average Bonchev–Trinajstić information content (AvgIpc) is 3.84. The highest BCUT2D eigenvalue weighted by molar-refractivity contribution is 6.74. The lowest BCUT2D eigenvalue weighted by Crippen LogP contribution is -2.43. The van der Waals surface area contributed by atoms with E-state index in [2.05, 4.69) is 51.8 Å². The number of alkyl halides is 1. The number of β-amino-alcohol motifs (C(OH)–C–C–N with tert-alkyl or cyclic N) is 1. The fraction of sp³-hybridized carbons (Fsp3) is 0.667. The molecule has 4 aromatic rings. The summed E-state index contributed by atoms with van der Waals surface area (Å²) in [6.07, 6.45) is 9.91. The first-order valence-corrected chi connectivity index (χ1v) is 23.7. The van der Waals surface area contributed by atoms with Crippen LogP contribution in [0.4, 0.5) is 14.6 Å². The molecule has 0 bridgehead atoms. The maximum Gasteiger partial charge on any atom is 0.319 e. The van der Waals surface area contributed by atoms with Gasteiger partial charge in [-0.3, -0.25) is 9.88 Å². The highest BCUT2D eigenvalue weighted by Crippen LogP contribution is 2.43. The van der Waals surface area contributed by atoms with Crippen LogP contribution in [-0.2, 0) is 15.6 Å². The molecule has 4 aliphatic rings. The van der Waals surface area contributed by atoms with Crippen LogP contribution in [-0.4, -0.2) is 107 Å². The number of aliphatic hydroxyl groups excluding tert-OH is 1. The molecule has 0 spiro atoms. The largest absolute Gasteiger partial charge is 0.461 e. The normalized spacial score (nSPS) is 25.1. The average molecular weight is 792 g/mol. The van der Waals surface area contributed by atoms with E-state index in [0.29, 0.717) is 68.9 Å². The van der Waals surface area contributed by atoms with Crippen LogP contribution in [0.15, 0.2) is 18.5 Å². The predicted molar refractivity (Wildman–Crippen MR) is 217 cm³/mol. The summed E-state index contributed by atoms with van der Waals surface area (Å²) in [6.45, 7) is 17.1. The van der Waals surface area contributed by atoms with Crippen molar-refractivity contribution in [2.45, 2.75) is 134 Å². The van der Waals surface area contributed by atoms with Gasteiger partial charge in [0.1, 0.15) is 29.8 Å². The molecular formula is C42H59F2N7O4Si. The molecule has 1 aromatic carbocycles. The molecule has 1 unspecified atom stereocenters. The van der Waals surface area contributed by atoms with E-state index < -0.39 is 31.9 Å². The molecule has 3 aromatic heterocycles. The number of anilines is 1. The number of benzene rings is 1. The smallest absolute Gasteiger partial charge is 0.319 e. The third kappa shape index (κ3) is 7.44. The van der Waals surface area contributed by atoms with E-state index >= 15 is 4.39 Å². The second kappa shape index (κ2) is 15.5. The fourth-order valence-corrected chi connectivity index (χ4v) is 10.3. The van der Waals surface area contributed by atoms with Gasteiger partial charge in [0.2, 0.25) is 0 Å². The van der Waals surface area contributed by atoms with Crippen molar-refractivity contribution in [1.29, 1.82) is 0 Å². The summed E-state index contributed by atoms with van der Waals surface area (Å²) in [4.78, 5) is 18.6. The first kappa shape index (κ1) is 39.5. The molecule has 4 fully saturated rings. The fourth-order valence-electron chi connectivity index (χ4n) is 9.19. The van der Waals surface area contributed by atoms with Gasteiger partial charge in [-0.15, -0.1) is 0 Å². The summed E-state index contributed by atoms with van der Waals surface area (Å²) in [5.41, 5.74) is 3.49. The van der Waals surface area contributed by atoms with Gasteiger partial charge in [-0.1, -0.05) is 20.8 Å². The van der Waals surface area contributed by atoms with Crippen LogP contribution in [0.2, 0.25) is 18.1 Å². The molecule has 0 saturated carbocycles. The van der Waals surface area contributed by atoms with E-state index in [1.807, 2.05) is 15.8 Å². The Morgan fingerprint density at radius 1 is 1.05 bits per heavy atom. The lowest BCUT2D eigenvalue weighted by Gasteiger charge is -2.36. The van der Waals surface area contributed by atoms with Crippen LogP contribution >= 0.6 is 0 Å². The minimum absolute atomic E-state index is 0.0480. The Morgan fingerprint density at radius 2 is 1.89 bits per heavy atom. The van der Waals surface area contributed by atoms with Crippen LogP contribution in [0.25, 0.3) is 33.1 Å². The van der Waals surface area contributed by atoms with E-state index in [9.17, 15) is 9.50 Å². The molecule has 11 nitrogen and oxygen atoms in total. The van der Waals surface area contributed by atoms with Crippen LogP contribution < -0.4 is 9.64 Å². The van der Waals surface area contributed by atoms with Gasteiger partial charge in [0.25, 0.3) is 0 Å². The summed E-state index contributed by atoms with van der Waals surface area (Å²) < 4.78 is 53.4. The zero-order valence-electron chi connectivity index (χ0n) is 34.0. The maximum absolute atomic E-state index is 17.6. The predicted octanol–water partition coefficient (Wildman–Crippen LogP) is 8.06. The molecule has 7 heterocycles. The van der Waals surface area contributed by atoms with Crippen molar-refractivity contribution in [3.63, 3.8) is 0 Å². The quantitative estimate of drug-likeness (QED) is 0.118. The number of halogens is 2. The molecule has 56 heavy (non-hydrogen) atoms. The monoisotopic (exact) mass is 791 g/mol. The first-order valence-electron chi connectivity index (χ1n) is 20.8. The van der Waals surface area contributed by atoms with Gasteiger partial charge in [-0.2, -0.15) is 15.1 Å². The lowest BCUT2D eigenvalue weighted by molar-refractivity contribution is -0.0366. The molecule has 0 radical (unpaired) electrons. The lowest BCUT2D eigenvalue weighted by atomic mass is 9.92. The Balaban J connectivity index is 1.23. The number of nitrogens with zero attached hydrogens (tertiary/aromatic N) is 7. The summed E-state index contributed by atoms with van der Waals surface area (Å²) in [5.74, 6) is -0.0804. The van der Waals surface area contributed by atoms with Gasteiger partial charge in [0.15, 0.2) is 20.4 Å². The molecule has 4 atom stereocenters. The number of aromatic nitrogens is 5. The van der Waals surface area contributed by atoms with Crippen LogP contribution in [0.3, 0.4) is 0 Å². The molecule has 1 N–H and O–H groups in total. The third-order valence-corrected chi connectivity index (χ3v) is 17.8. The zero-order valence-corrected chi connectivity index (χ0v) is 35.0. The van der Waals surface area contributed by atoms with E-state index in [1.165, 1.54) is 0 Å². The summed E-state index contributed by atoms with van der Waals surface area (Å²) in [7, 11) is -1.96. The number of ether oxygens (including phenoxy) is 2. The molecule has 4 aliphatic heterocycles. The minimum Gasteiger partial charge on any atom is -0.461 e. The van der Waals surface area contributed by atoms with E-state index in [0.717, 1.165) is 73.5 Å². The van der Waals surface area contributed by atoms with E-state index in [-0.39, 0.29) is 35.1 Å². The Morgan fingerprint density at radius 3 is 2.66 bits per heavy atom. The minimum atomic E-state index is -1.96. The highest BCUT2D eigenvalue weighted by Gasteiger charge is 2.49. The van der Waals surface area contributed by atoms with Gasteiger partial charge in [-0.05, 0) is 107 Å². The van der Waals surface area contributed by atoms with Crippen molar-refractivity contribution in [1.82, 2.24) is 29.6 Å². The number of aryl methyl sites for hydroxylation is 1. The summed E-state index contributed by atoms with van der Waals surface area (Å²) in [5, 5.41) is 16.9. The van der Waals surface area contributed by atoms with Crippen LogP contribution in [0.1, 0.15) is 95.9 Å². The Kier molecular flexibility index (Phi) is 10.9. The molecule has 304 valence electrons. The number of rotatable bonds is 11. The number of fused-ring (bicyclic) bond motifs is 3. The van der Waals surface area contributed by atoms with Gasteiger partial charge in [0.05, 0.1) is 28.7 Å². The first-order chi connectivity index (χ1) is 26.7. The molecular weight excluding hydrogens is 733 g/mol. The van der Waals surface area contributed by atoms with Crippen molar-refractivity contribution in [2.75, 3.05) is 50.9 Å². The number of hydrogen-bond donors (Lipinski definition) is 1. The second-order valence-corrected chi connectivity index (χ2v) is 23.0. The standard InChI is InChI=1S/C42H59F2N7O4Si/c1-27-20-33-31(23-46-51(33)34-14-7-8-18-53-34)35(30(27)13-10-19-55-56(5,6)41(2,3)4)38-36(44)37-32(22-45-38)39(49-16-9-12-29(52)25-49)48-40(47-37)54-26-42-15-11-17-50(42)24-28(43)21-42/h20,22-23,28-29,34,52H,7-19,21,24-26H2,1-6H3/t28-,29-,34?,42+/m1/s1. The Hall–Kier alpha value is -3.30. The highest BCUT2D eigenvalue weighted by atomic mass is 28.4.